The number of aromatic nitrogens is 1. The summed E-state index contributed by atoms with van der Waals surface area (Å²) in [6.07, 6.45) is -3.79. The van der Waals surface area contributed by atoms with Crippen molar-refractivity contribution in [3.05, 3.63) is 27.3 Å². The summed E-state index contributed by atoms with van der Waals surface area (Å²) < 4.78 is 48.0. The molecule has 0 aromatic carbocycles. The van der Waals surface area contributed by atoms with Crippen LogP contribution in [0.5, 0.6) is 0 Å². The lowest BCUT2D eigenvalue weighted by molar-refractivity contribution is -0.142. The van der Waals surface area contributed by atoms with Gasteiger partial charge in [0.05, 0.1) is 3.57 Å². The largest absolute Gasteiger partial charge is 0.434 e. The Balaban J connectivity index is 3.26. The van der Waals surface area contributed by atoms with Crippen molar-refractivity contribution in [3.8, 4) is 0 Å². The third-order valence-electron chi connectivity index (χ3n) is 1.11. The number of nitrogens with zero attached hydrogens (tertiary/aromatic N) is 1. The minimum Gasteiger partial charge on any atom is -0.251 e. The van der Waals surface area contributed by atoms with Crippen LogP contribution in [-0.4, -0.2) is 4.98 Å². The van der Waals surface area contributed by atoms with E-state index in [0.717, 1.165) is 12.3 Å². The minimum atomic E-state index is -4.58. The standard InChI is InChI=1S/C6H2F4IN/c7-3-1-2-12-5(4(3)11)6(8,9)10/h1-2H. The highest BCUT2D eigenvalue weighted by Gasteiger charge is 2.35. The Labute approximate surface area is 78.9 Å². The number of hydrogen-bond donors (Lipinski definition) is 0. The molecule has 0 N–H and O–H groups in total. The summed E-state index contributed by atoms with van der Waals surface area (Å²) in [7, 11) is 0. The Morgan fingerprint density at radius 3 is 2.33 bits per heavy atom. The summed E-state index contributed by atoms with van der Waals surface area (Å²) in [6, 6.07) is 0.886. The van der Waals surface area contributed by atoms with Gasteiger partial charge in [-0.1, -0.05) is 0 Å². The topological polar surface area (TPSA) is 12.9 Å². The monoisotopic (exact) mass is 291 g/mol. The predicted molar refractivity (Wildman–Crippen MR) is 41.9 cm³/mol. The molecule has 0 amide bonds. The molecule has 66 valence electrons. The fourth-order valence-electron chi connectivity index (χ4n) is 0.618. The van der Waals surface area contributed by atoms with Crippen molar-refractivity contribution in [2.24, 2.45) is 0 Å². The highest BCUT2D eigenvalue weighted by Crippen LogP contribution is 2.31. The molecule has 0 aliphatic carbocycles. The van der Waals surface area contributed by atoms with Crippen LogP contribution in [0.15, 0.2) is 12.3 Å². The molecule has 1 heterocycles. The van der Waals surface area contributed by atoms with Gasteiger partial charge in [0.15, 0.2) is 5.69 Å². The highest BCUT2D eigenvalue weighted by molar-refractivity contribution is 14.1. The Kier molecular flexibility index (Phi) is 2.55. The molecule has 12 heavy (non-hydrogen) atoms. The molecule has 1 rings (SSSR count). The van der Waals surface area contributed by atoms with Gasteiger partial charge in [0.25, 0.3) is 0 Å². The molecule has 0 atom stereocenters. The van der Waals surface area contributed by atoms with Crippen LogP contribution in [0.2, 0.25) is 0 Å². The molecule has 0 saturated carbocycles. The van der Waals surface area contributed by atoms with Crippen molar-refractivity contribution in [1.29, 1.82) is 0 Å². The fourth-order valence-corrected chi connectivity index (χ4v) is 1.24. The van der Waals surface area contributed by atoms with Crippen LogP contribution >= 0.6 is 22.6 Å². The van der Waals surface area contributed by atoms with Gasteiger partial charge >= 0.3 is 6.18 Å². The van der Waals surface area contributed by atoms with Gasteiger partial charge in [-0.2, -0.15) is 13.2 Å². The van der Waals surface area contributed by atoms with Crippen LogP contribution < -0.4 is 0 Å². The zero-order valence-electron chi connectivity index (χ0n) is 5.49. The number of pyridine rings is 1. The molecule has 0 fully saturated rings. The average Bonchev–Trinajstić information content (AvgIpc) is 1.92. The second-order valence-electron chi connectivity index (χ2n) is 1.95. The van der Waals surface area contributed by atoms with Crippen molar-refractivity contribution in [3.63, 3.8) is 0 Å². The number of halogens is 5. The normalized spacial score (nSPS) is 11.8. The molecular formula is C6H2F4IN. The summed E-state index contributed by atoms with van der Waals surface area (Å²) in [6.45, 7) is 0. The third-order valence-corrected chi connectivity index (χ3v) is 2.14. The summed E-state index contributed by atoms with van der Waals surface area (Å²) in [5, 5.41) is 0. The molecule has 0 unspecified atom stereocenters. The van der Waals surface area contributed by atoms with Gasteiger partial charge in [0.1, 0.15) is 5.82 Å². The van der Waals surface area contributed by atoms with E-state index in [-0.39, 0.29) is 0 Å². The van der Waals surface area contributed by atoms with Crippen LogP contribution in [0.3, 0.4) is 0 Å². The smallest absolute Gasteiger partial charge is 0.251 e. The third kappa shape index (κ3) is 1.85. The number of hydrogen-bond acceptors (Lipinski definition) is 1. The van der Waals surface area contributed by atoms with Crippen molar-refractivity contribution >= 4 is 22.6 Å². The Morgan fingerprint density at radius 2 is 1.92 bits per heavy atom. The summed E-state index contributed by atoms with van der Waals surface area (Å²) in [4.78, 5) is 3.04. The van der Waals surface area contributed by atoms with E-state index in [4.69, 9.17) is 0 Å². The molecule has 6 heteroatoms. The lowest BCUT2D eigenvalue weighted by Gasteiger charge is -2.06. The van der Waals surface area contributed by atoms with E-state index in [1.165, 1.54) is 22.6 Å². The lowest BCUT2D eigenvalue weighted by atomic mass is 10.3. The molecule has 0 bridgehead atoms. The average molecular weight is 291 g/mol. The van der Waals surface area contributed by atoms with Gasteiger partial charge in [-0.3, -0.25) is 4.98 Å². The van der Waals surface area contributed by atoms with E-state index in [1.807, 2.05) is 0 Å². The molecule has 1 aromatic heterocycles. The summed E-state index contributed by atoms with van der Waals surface area (Å²) in [5.41, 5.74) is -1.18. The number of alkyl halides is 3. The quantitative estimate of drug-likeness (QED) is 0.529. The Bertz CT molecular complexity index is 296. The van der Waals surface area contributed by atoms with Crippen molar-refractivity contribution in [2.75, 3.05) is 0 Å². The maximum absolute atomic E-state index is 12.6. The predicted octanol–water partition coefficient (Wildman–Crippen LogP) is 2.84. The lowest BCUT2D eigenvalue weighted by Crippen LogP contribution is -2.11. The summed E-state index contributed by atoms with van der Waals surface area (Å²) >= 11 is 1.27. The molecular weight excluding hydrogens is 289 g/mol. The van der Waals surface area contributed by atoms with Crippen LogP contribution in [0.4, 0.5) is 17.6 Å². The first-order chi connectivity index (χ1) is 5.43. The van der Waals surface area contributed by atoms with Crippen molar-refractivity contribution < 1.29 is 17.6 Å². The first kappa shape index (κ1) is 9.69. The second kappa shape index (κ2) is 3.15. The van der Waals surface area contributed by atoms with E-state index in [0.29, 0.717) is 0 Å². The number of rotatable bonds is 0. The highest BCUT2D eigenvalue weighted by atomic mass is 127. The summed E-state index contributed by atoms with van der Waals surface area (Å²) in [5.74, 6) is -0.905. The van der Waals surface area contributed by atoms with Gasteiger partial charge in [-0.05, 0) is 28.7 Å². The van der Waals surface area contributed by atoms with Crippen molar-refractivity contribution in [2.45, 2.75) is 6.18 Å². The molecule has 0 aliphatic heterocycles. The maximum Gasteiger partial charge on any atom is 0.434 e. The van der Waals surface area contributed by atoms with Gasteiger partial charge in [-0.15, -0.1) is 0 Å². The first-order valence-electron chi connectivity index (χ1n) is 2.80. The van der Waals surface area contributed by atoms with E-state index in [9.17, 15) is 17.6 Å². The Morgan fingerprint density at radius 1 is 1.33 bits per heavy atom. The van der Waals surface area contributed by atoms with Gasteiger partial charge in [0.2, 0.25) is 0 Å². The van der Waals surface area contributed by atoms with Crippen LogP contribution in [0, 0.1) is 9.39 Å². The molecule has 1 nitrogen and oxygen atoms in total. The van der Waals surface area contributed by atoms with Gasteiger partial charge < -0.3 is 0 Å². The molecule has 0 radical (unpaired) electrons. The van der Waals surface area contributed by atoms with E-state index in [2.05, 4.69) is 4.98 Å². The Hall–Kier alpha value is -0.400. The van der Waals surface area contributed by atoms with Gasteiger partial charge in [-0.25, -0.2) is 4.39 Å². The van der Waals surface area contributed by atoms with Crippen molar-refractivity contribution in [1.82, 2.24) is 4.98 Å². The second-order valence-corrected chi connectivity index (χ2v) is 3.03. The molecule has 0 saturated heterocycles. The van der Waals surface area contributed by atoms with Crippen LogP contribution in [-0.2, 0) is 6.18 Å². The van der Waals surface area contributed by atoms with E-state index >= 15 is 0 Å². The molecule has 0 aliphatic rings. The van der Waals surface area contributed by atoms with Crippen LogP contribution in [0.25, 0.3) is 0 Å². The zero-order chi connectivity index (χ0) is 9.35. The zero-order valence-corrected chi connectivity index (χ0v) is 7.65. The minimum absolute atomic E-state index is 0.498. The SMILES string of the molecule is Fc1ccnc(C(F)(F)F)c1I. The van der Waals surface area contributed by atoms with Gasteiger partial charge in [0, 0.05) is 6.20 Å². The van der Waals surface area contributed by atoms with Crippen LogP contribution in [0.1, 0.15) is 5.69 Å². The van der Waals surface area contributed by atoms with E-state index in [1.54, 1.807) is 0 Å². The molecule has 0 spiro atoms. The first-order valence-corrected chi connectivity index (χ1v) is 3.88. The fraction of sp³-hybridized carbons (Fsp3) is 0.167. The molecule has 1 aromatic rings. The van der Waals surface area contributed by atoms with E-state index < -0.39 is 21.3 Å². The maximum atomic E-state index is 12.6.